The Hall–Kier alpha value is -1.87. The van der Waals surface area contributed by atoms with Crippen molar-refractivity contribution in [2.75, 3.05) is 7.11 Å². The lowest BCUT2D eigenvalue weighted by Gasteiger charge is -2.21. The molecule has 0 fully saturated rings. The third kappa shape index (κ3) is 5.10. The summed E-state index contributed by atoms with van der Waals surface area (Å²) >= 11 is 0. The first-order valence-electron chi connectivity index (χ1n) is 6.21. The molecule has 19 heavy (non-hydrogen) atoms. The molecule has 0 heterocycles. The van der Waals surface area contributed by atoms with Crippen LogP contribution in [0, 0.1) is 5.92 Å². The van der Waals surface area contributed by atoms with E-state index in [4.69, 9.17) is 9.84 Å². The Morgan fingerprint density at radius 1 is 1.26 bits per heavy atom. The van der Waals surface area contributed by atoms with Crippen molar-refractivity contribution in [1.29, 1.82) is 0 Å². The summed E-state index contributed by atoms with van der Waals surface area (Å²) in [5.74, 6) is -0.780. The molecular weight excluding hydrogens is 240 g/mol. The van der Waals surface area contributed by atoms with Gasteiger partial charge < -0.3 is 9.84 Å². The zero-order valence-corrected chi connectivity index (χ0v) is 11.5. The summed E-state index contributed by atoms with van der Waals surface area (Å²) in [5.41, 5.74) is 2.02. The minimum atomic E-state index is -0.938. The maximum atomic E-state index is 10.5. The molecule has 1 aromatic rings. The number of rotatable bonds is 6. The van der Waals surface area contributed by atoms with Crippen molar-refractivity contribution < 1.29 is 14.6 Å². The molecule has 0 spiro atoms. The first-order chi connectivity index (χ1) is 9.04. The SMILES string of the molecule is COC(c1ccccc1)C(C)C=C(C)C=CC(=O)O. The van der Waals surface area contributed by atoms with Crippen LogP contribution in [0.25, 0.3) is 0 Å². The van der Waals surface area contributed by atoms with E-state index in [0.717, 1.165) is 17.2 Å². The van der Waals surface area contributed by atoms with E-state index in [1.807, 2.05) is 43.3 Å². The van der Waals surface area contributed by atoms with E-state index in [9.17, 15) is 4.79 Å². The zero-order valence-electron chi connectivity index (χ0n) is 11.5. The second kappa shape index (κ2) is 7.54. The summed E-state index contributed by atoms with van der Waals surface area (Å²) < 4.78 is 5.54. The summed E-state index contributed by atoms with van der Waals surface area (Å²) in [6.45, 7) is 3.94. The lowest BCUT2D eigenvalue weighted by Crippen LogP contribution is -2.10. The highest BCUT2D eigenvalue weighted by molar-refractivity contribution is 5.80. The van der Waals surface area contributed by atoms with Crippen LogP contribution in [0.3, 0.4) is 0 Å². The van der Waals surface area contributed by atoms with E-state index < -0.39 is 5.97 Å². The standard InChI is InChI=1S/C16H20O3/c1-12(9-10-15(17)18)11-13(2)16(19-3)14-7-5-4-6-8-14/h4-11,13,16H,1-3H3,(H,17,18). The van der Waals surface area contributed by atoms with Crippen LogP contribution in [0.2, 0.25) is 0 Å². The first-order valence-corrected chi connectivity index (χ1v) is 6.21. The van der Waals surface area contributed by atoms with Gasteiger partial charge >= 0.3 is 5.97 Å². The lowest BCUT2D eigenvalue weighted by molar-refractivity contribution is -0.131. The molecule has 0 aromatic heterocycles. The van der Waals surface area contributed by atoms with Gasteiger partial charge in [-0.2, -0.15) is 0 Å². The molecule has 2 atom stereocenters. The molecule has 1 aromatic carbocycles. The smallest absolute Gasteiger partial charge is 0.328 e. The van der Waals surface area contributed by atoms with E-state index in [1.54, 1.807) is 13.2 Å². The van der Waals surface area contributed by atoms with Gasteiger partial charge in [-0.1, -0.05) is 55.0 Å². The van der Waals surface area contributed by atoms with Crippen molar-refractivity contribution in [3.05, 3.63) is 59.7 Å². The second-order valence-electron chi connectivity index (χ2n) is 4.51. The molecule has 0 aliphatic rings. The number of benzene rings is 1. The fraction of sp³-hybridized carbons (Fsp3) is 0.312. The maximum absolute atomic E-state index is 10.5. The molecule has 102 valence electrons. The minimum absolute atomic E-state index is 0.0330. The molecule has 0 amide bonds. The number of carboxylic acid groups (broad SMARTS) is 1. The molecule has 0 saturated heterocycles. The molecule has 0 aliphatic carbocycles. The van der Waals surface area contributed by atoms with Gasteiger partial charge in [0.15, 0.2) is 0 Å². The number of hydrogen-bond acceptors (Lipinski definition) is 2. The van der Waals surface area contributed by atoms with Crippen LogP contribution in [0.4, 0.5) is 0 Å². The van der Waals surface area contributed by atoms with Gasteiger partial charge in [0.2, 0.25) is 0 Å². The van der Waals surface area contributed by atoms with Crippen LogP contribution >= 0.6 is 0 Å². The molecule has 0 radical (unpaired) electrons. The van der Waals surface area contributed by atoms with Crippen LogP contribution < -0.4 is 0 Å². The predicted octanol–water partition coefficient (Wildman–Crippen LogP) is 3.60. The number of carbonyl (C=O) groups is 1. The third-order valence-corrected chi connectivity index (χ3v) is 2.87. The highest BCUT2D eigenvalue weighted by Gasteiger charge is 2.16. The molecule has 0 saturated carbocycles. The topological polar surface area (TPSA) is 46.5 Å². The molecule has 0 aliphatic heterocycles. The van der Waals surface area contributed by atoms with Crippen molar-refractivity contribution >= 4 is 5.97 Å². The molecule has 2 unspecified atom stereocenters. The quantitative estimate of drug-likeness (QED) is 0.628. The largest absolute Gasteiger partial charge is 0.478 e. The Balaban J connectivity index is 2.82. The summed E-state index contributed by atoms with van der Waals surface area (Å²) in [4.78, 5) is 10.5. The number of allylic oxidation sites excluding steroid dienone is 2. The predicted molar refractivity (Wildman–Crippen MR) is 75.9 cm³/mol. The number of hydrogen-bond donors (Lipinski definition) is 1. The van der Waals surface area contributed by atoms with Crippen molar-refractivity contribution in [2.24, 2.45) is 5.92 Å². The van der Waals surface area contributed by atoms with Crippen molar-refractivity contribution in [2.45, 2.75) is 20.0 Å². The number of methoxy groups -OCH3 is 1. The van der Waals surface area contributed by atoms with Gasteiger partial charge in [0.25, 0.3) is 0 Å². The van der Waals surface area contributed by atoms with Crippen LogP contribution in [0.15, 0.2) is 54.1 Å². The molecule has 3 nitrogen and oxygen atoms in total. The number of aliphatic carboxylic acids is 1. The van der Waals surface area contributed by atoms with Gasteiger partial charge in [-0.15, -0.1) is 0 Å². The normalized spacial score (nSPS) is 15.4. The fourth-order valence-corrected chi connectivity index (χ4v) is 2.06. The Bertz CT molecular complexity index is 460. The molecule has 0 bridgehead atoms. The van der Waals surface area contributed by atoms with E-state index in [-0.39, 0.29) is 12.0 Å². The fourth-order valence-electron chi connectivity index (χ4n) is 2.06. The van der Waals surface area contributed by atoms with Gasteiger partial charge in [0.1, 0.15) is 0 Å². The van der Waals surface area contributed by atoms with Crippen molar-refractivity contribution in [1.82, 2.24) is 0 Å². The average molecular weight is 260 g/mol. The summed E-state index contributed by atoms with van der Waals surface area (Å²) in [6, 6.07) is 9.99. The van der Waals surface area contributed by atoms with E-state index in [1.165, 1.54) is 0 Å². The minimum Gasteiger partial charge on any atom is -0.478 e. The number of carboxylic acids is 1. The van der Waals surface area contributed by atoms with E-state index in [0.29, 0.717) is 0 Å². The Kier molecular flexibility index (Phi) is 6.03. The van der Waals surface area contributed by atoms with Gasteiger partial charge in [0, 0.05) is 19.1 Å². The van der Waals surface area contributed by atoms with Gasteiger partial charge in [-0.05, 0) is 12.5 Å². The first kappa shape index (κ1) is 15.2. The molecule has 1 N–H and O–H groups in total. The van der Waals surface area contributed by atoms with Gasteiger partial charge in [-0.3, -0.25) is 0 Å². The highest BCUT2D eigenvalue weighted by Crippen LogP contribution is 2.27. The highest BCUT2D eigenvalue weighted by atomic mass is 16.5. The van der Waals surface area contributed by atoms with E-state index >= 15 is 0 Å². The third-order valence-electron chi connectivity index (χ3n) is 2.87. The van der Waals surface area contributed by atoms with Crippen LogP contribution in [0.5, 0.6) is 0 Å². The molecular formula is C16H20O3. The summed E-state index contributed by atoms with van der Waals surface area (Å²) in [6.07, 6.45) is 4.72. The van der Waals surface area contributed by atoms with Crippen LogP contribution in [-0.4, -0.2) is 18.2 Å². The Morgan fingerprint density at radius 3 is 2.42 bits per heavy atom. The monoisotopic (exact) mass is 260 g/mol. The van der Waals surface area contributed by atoms with Crippen molar-refractivity contribution in [3.63, 3.8) is 0 Å². The zero-order chi connectivity index (χ0) is 14.3. The van der Waals surface area contributed by atoms with Gasteiger partial charge in [-0.25, -0.2) is 4.79 Å². The summed E-state index contributed by atoms with van der Waals surface area (Å²) in [5, 5.41) is 8.59. The molecule has 1 rings (SSSR count). The van der Waals surface area contributed by atoms with Gasteiger partial charge in [0.05, 0.1) is 6.10 Å². The lowest BCUT2D eigenvalue weighted by atomic mass is 9.95. The second-order valence-corrected chi connectivity index (χ2v) is 4.51. The summed E-state index contributed by atoms with van der Waals surface area (Å²) in [7, 11) is 1.68. The van der Waals surface area contributed by atoms with Crippen LogP contribution in [-0.2, 0) is 9.53 Å². The van der Waals surface area contributed by atoms with Crippen LogP contribution in [0.1, 0.15) is 25.5 Å². The Labute approximate surface area is 114 Å². The molecule has 3 heteroatoms. The number of ether oxygens (including phenoxy) is 1. The Morgan fingerprint density at radius 2 is 1.89 bits per heavy atom. The van der Waals surface area contributed by atoms with Crippen molar-refractivity contribution in [3.8, 4) is 0 Å². The average Bonchev–Trinajstić information content (AvgIpc) is 2.38. The van der Waals surface area contributed by atoms with E-state index in [2.05, 4.69) is 6.92 Å². The maximum Gasteiger partial charge on any atom is 0.328 e.